The van der Waals surface area contributed by atoms with Gasteiger partial charge in [-0.2, -0.15) is 0 Å². The van der Waals surface area contributed by atoms with Gasteiger partial charge in [-0.25, -0.2) is 17.6 Å². The number of carbonyl (C=O) groups is 3. The summed E-state index contributed by atoms with van der Waals surface area (Å²) >= 11 is 0. The number of hydrogen-bond acceptors (Lipinski definition) is 11. The van der Waals surface area contributed by atoms with Gasteiger partial charge >= 0.3 is 17.9 Å². The molecule has 0 spiro atoms. The van der Waals surface area contributed by atoms with E-state index in [1.54, 1.807) is 13.8 Å². The molecule has 2 bridgehead atoms. The minimum Gasteiger partial charge on any atom is -0.748 e. The Morgan fingerprint density at radius 3 is 2.54 bits per heavy atom. The van der Waals surface area contributed by atoms with Crippen LogP contribution in [-0.2, 0) is 38.7 Å². The molecule has 41 heavy (non-hydrogen) atoms. The maximum Gasteiger partial charge on any atom is 0.338 e. The summed E-state index contributed by atoms with van der Waals surface area (Å²) in [6, 6.07) is 12.5. The fourth-order valence-corrected chi connectivity index (χ4v) is 5.31. The van der Waals surface area contributed by atoms with E-state index in [0.29, 0.717) is 0 Å². The molecule has 3 aliphatic rings. The van der Waals surface area contributed by atoms with E-state index in [4.69, 9.17) is 23.7 Å². The molecule has 216 valence electrons. The summed E-state index contributed by atoms with van der Waals surface area (Å²) in [5, 5.41) is 0. The van der Waals surface area contributed by atoms with Crippen LogP contribution in [-0.4, -0.2) is 73.3 Å². The molecule has 5 rings (SSSR count). The molecule has 3 aliphatic heterocycles. The van der Waals surface area contributed by atoms with Crippen molar-refractivity contribution in [2.75, 3.05) is 12.4 Å². The summed E-state index contributed by atoms with van der Waals surface area (Å²) in [5.41, 5.74) is -0.483. The highest BCUT2D eigenvalue weighted by Crippen LogP contribution is 2.51. The molecule has 13 heteroatoms. The molecule has 3 heterocycles. The van der Waals surface area contributed by atoms with E-state index >= 15 is 0 Å². The Labute approximate surface area is 234 Å². The van der Waals surface area contributed by atoms with Crippen molar-refractivity contribution in [1.82, 2.24) is 0 Å². The van der Waals surface area contributed by atoms with Gasteiger partial charge in [-0.3, -0.25) is 9.59 Å². The van der Waals surface area contributed by atoms with Gasteiger partial charge in [0.1, 0.15) is 30.7 Å². The van der Waals surface area contributed by atoms with Crippen LogP contribution in [0.3, 0.4) is 0 Å². The van der Waals surface area contributed by atoms with E-state index in [0.717, 1.165) is 17.7 Å². The van der Waals surface area contributed by atoms with Crippen LogP contribution < -0.4 is 4.74 Å². The minimum absolute atomic E-state index is 0.0864. The van der Waals surface area contributed by atoms with Gasteiger partial charge in [0.25, 0.3) is 0 Å². The van der Waals surface area contributed by atoms with E-state index in [2.05, 4.69) is 11.8 Å². The smallest absolute Gasteiger partial charge is 0.338 e. The molecule has 0 radical (unpaired) electrons. The average Bonchev–Trinajstić information content (AvgIpc) is 3.52. The second-order valence-electron chi connectivity index (χ2n) is 10.2. The van der Waals surface area contributed by atoms with Crippen molar-refractivity contribution in [2.45, 2.75) is 43.9 Å². The second-order valence-corrected chi connectivity index (χ2v) is 11.7. The number of carbonyl (C=O) groups excluding carboxylic acids is 3. The first-order chi connectivity index (χ1) is 19.3. The van der Waals surface area contributed by atoms with Crippen LogP contribution in [0.1, 0.15) is 29.8 Å². The lowest BCUT2D eigenvalue weighted by Crippen LogP contribution is -2.48. The van der Waals surface area contributed by atoms with Crippen molar-refractivity contribution in [3.05, 3.63) is 65.5 Å². The molecule has 0 amide bonds. The Morgan fingerprint density at radius 1 is 1.10 bits per heavy atom. The Morgan fingerprint density at radius 2 is 1.83 bits per heavy atom. The minimum atomic E-state index is -4.63. The maximum atomic E-state index is 14.6. The molecule has 11 nitrogen and oxygen atoms in total. The average molecular weight is 588 g/mol. The van der Waals surface area contributed by atoms with Gasteiger partial charge in [0.2, 0.25) is 0 Å². The molecular formula is C28H24FO11S-. The van der Waals surface area contributed by atoms with Crippen molar-refractivity contribution in [3.8, 4) is 17.6 Å². The number of ether oxygens (including phenoxy) is 5. The number of esters is 3. The summed E-state index contributed by atoms with van der Waals surface area (Å²) in [4.78, 5) is 38.2. The van der Waals surface area contributed by atoms with E-state index in [1.807, 2.05) is 30.3 Å². The Bertz CT molecular complexity index is 1540. The van der Waals surface area contributed by atoms with Crippen LogP contribution in [0.15, 0.2) is 48.5 Å². The molecule has 3 fully saturated rings. The van der Waals surface area contributed by atoms with Gasteiger partial charge in [0, 0.05) is 5.56 Å². The zero-order valence-corrected chi connectivity index (χ0v) is 22.6. The molecule has 0 N–H and O–H groups in total. The van der Waals surface area contributed by atoms with E-state index in [1.165, 1.54) is 6.07 Å². The highest BCUT2D eigenvalue weighted by atomic mass is 32.2. The molecule has 2 aromatic carbocycles. The fraction of sp³-hybridized carbons (Fsp3) is 0.393. The molecule has 0 aliphatic carbocycles. The number of fused-ring (bicyclic) bond motifs is 1. The predicted molar refractivity (Wildman–Crippen MR) is 135 cm³/mol. The third-order valence-corrected chi connectivity index (χ3v) is 7.48. The third-order valence-electron chi connectivity index (χ3n) is 6.81. The van der Waals surface area contributed by atoms with Crippen molar-refractivity contribution in [3.63, 3.8) is 0 Å². The van der Waals surface area contributed by atoms with Crippen molar-refractivity contribution < 1.29 is 55.4 Å². The van der Waals surface area contributed by atoms with Gasteiger partial charge < -0.3 is 28.2 Å². The lowest BCUT2D eigenvalue weighted by atomic mass is 9.78. The van der Waals surface area contributed by atoms with Gasteiger partial charge in [0.15, 0.2) is 29.4 Å². The van der Waals surface area contributed by atoms with Crippen LogP contribution in [0.5, 0.6) is 5.75 Å². The second kappa shape index (κ2) is 10.8. The van der Waals surface area contributed by atoms with Crippen molar-refractivity contribution in [2.24, 2.45) is 11.8 Å². The van der Waals surface area contributed by atoms with Gasteiger partial charge in [-0.05, 0) is 44.2 Å². The first-order valence-electron chi connectivity index (χ1n) is 12.6. The van der Waals surface area contributed by atoms with Gasteiger partial charge in [-0.1, -0.05) is 30.0 Å². The first kappa shape index (κ1) is 28.5. The zero-order chi connectivity index (χ0) is 29.5. The largest absolute Gasteiger partial charge is 0.748 e. The topological polar surface area (TPSA) is 155 Å². The third kappa shape index (κ3) is 6.04. The monoisotopic (exact) mass is 587 g/mol. The van der Waals surface area contributed by atoms with Crippen LogP contribution in [0.25, 0.3) is 0 Å². The van der Waals surface area contributed by atoms with Gasteiger partial charge in [-0.15, -0.1) is 0 Å². The molecule has 6 unspecified atom stereocenters. The van der Waals surface area contributed by atoms with Gasteiger partial charge in [0.05, 0.1) is 21.4 Å². The molecule has 3 saturated heterocycles. The molecule has 0 aromatic heterocycles. The highest BCUT2D eigenvalue weighted by Gasteiger charge is 2.72. The normalized spacial score (nSPS) is 26.1. The molecular weight excluding hydrogens is 563 g/mol. The quantitative estimate of drug-likeness (QED) is 0.191. The molecule has 2 aromatic rings. The summed E-state index contributed by atoms with van der Waals surface area (Å²) in [7, 11) is -4.63. The highest BCUT2D eigenvalue weighted by molar-refractivity contribution is 7.85. The van der Waals surface area contributed by atoms with E-state index < -0.39 is 88.1 Å². The number of halogens is 1. The van der Waals surface area contributed by atoms with Crippen LogP contribution in [0.4, 0.5) is 4.39 Å². The summed E-state index contributed by atoms with van der Waals surface area (Å²) in [6.45, 7) is 2.56. The number of benzene rings is 2. The van der Waals surface area contributed by atoms with Crippen LogP contribution in [0, 0.1) is 29.5 Å². The van der Waals surface area contributed by atoms with E-state index in [9.17, 15) is 31.7 Å². The van der Waals surface area contributed by atoms with Crippen LogP contribution >= 0.6 is 0 Å². The summed E-state index contributed by atoms with van der Waals surface area (Å²) in [5.74, 6) is -0.994. The molecule has 6 atom stereocenters. The fourth-order valence-electron chi connectivity index (χ4n) is 5.02. The zero-order valence-electron chi connectivity index (χ0n) is 21.8. The predicted octanol–water partition coefficient (Wildman–Crippen LogP) is 1.59. The van der Waals surface area contributed by atoms with Crippen molar-refractivity contribution >= 4 is 28.0 Å². The van der Waals surface area contributed by atoms with Crippen LogP contribution in [0.2, 0.25) is 0 Å². The Balaban J connectivity index is 1.29. The standard InChI is InChI=1S/C28H25FO11S/c1-28(2,11-10-15-6-4-3-5-7-15)40-18-14-16(8-9-17(18)29)25(30)38-23-21-19(26(31)36-12-13-41(33,34)35)20-22(37-21)24(23)39-27(20)32/h3-9,14,19-24H,12-13H2,1-2H3,(H,33,34,35)/p-1. The summed E-state index contributed by atoms with van der Waals surface area (Å²) in [6.07, 6.45) is -4.18. The number of hydrogen-bond donors (Lipinski definition) is 0. The number of rotatable bonds is 8. The Hall–Kier alpha value is -3.99. The van der Waals surface area contributed by atoms with Crippen molar-refractivity contribution in [1.29, 1.82) is 0 Å². The SMILES string of the molecule is CC(C)(C#Cc1ccccc1)Oc1cc(C(=O)OC2C3OC(=O)C4C3OC2C4C(=O)OCCS(=O)(=O)[O-])ccc1F. The maximum absolute atomic E-state index is 14.6. The lowest BCUT2D eigenvalue weighted by Gasteiger charge is -2.27. The van der Waals surface area contributed by atoms with E-state index in [-0.39, 0.29) is 11.3 Å². The molecule has 0 saturated carbocycles. The lowest BCUT2D eigenvalue weighted by molar-refractivity contribution is -0.155. The first-order valence-corrected chi connectivity index (χ1v) is 14.1. The Kier molecular flexibility index (Phi) is 7.50. The summed E-state index contributed by atoms with van der Waals surface area (Å²) < 4.78 is 74.4.